The highest BCUT2D eigenvalue weighted by atomic mass is 16.2. The van der Waals surface area contributed by atoms with E-state index in [0.717, 1.165) is 17.7 Å². The zero-order valence-electron chi connectivity index (χ0n) is 10.7. The molecule has 0 aromatic rings. The lowest BCUT2D eigenvalue weighted by Crippen LogP contribution is -2.49. The van der Waals surface area contributed by atoms with Gasteiger partial charge in [0.05, 0.1) is 0 Å². The molecule has 1 unspecified atom stereocenters. The fraction of sp³-hybridized carbons (Fsp3) is 0.750. The quantitative estimate of drug-likeness (QED) is 0.557. The number of urea groups is 1. The highest BCUT2D eigenvalue weighted by Gasteiger charge is 2.52. The third-order valence-electron chi connectivity index (χ3n) is 3.99. The highest BCUT2D eigenvalue weighted by Crippen LogP contribution is 2.27. The van der Waals surface area contributed by atoms with E-state index in [1.165, 1.54) is 0 Å². The molecular formula is C12H18N4O3. The van der Waals surface area contributed by atoms with Crippen molar-refractivity contribution < 1.29 is 14.4 Å². The van der Waals surface area contributed by atoms with Crippen molar-refractivity contribution in [1.82, 2.24) is 20.9 Å². The summed E-state index contributed by atoms with van der Waals surface area (Å²) in [5.41, 5.74) is -0.826. The number of hydrogen-bond acceptors (Lipinski definition) is 4. The molecule has 3 N–H and O–H groups in total. The lowest BCUT2D eigenvalue weighted by molar-refractivity contribution is -0.134. The Morgan fingerprint density at radius 2 is 2.21 bits per heavy atom. The second-order valence-electron chi connectivity index (χ2n) is 5.58. The van der Waals surface area contributed by atoms with Gasteiger partial charge in [-0.2, -0.15) is 0 Å². The molecule has 19 heavy (non-hydrogen) atoms. The van der Waals surface area contributed by atoms with Crippen molar-refractivity contribution in [3.05, 3.63) is 0 Å². The third kappa shape index (κ3) is 2.30. The molecule has 2 aliphatic heterocycles. The Morgan fingerprint density at radius 1 is 1.42 bits per heavy atom. The summed E-state index contributed by atoms with van der Waals surface area (Å²) < 4.78 is 0. The van der Waals surface area contributed by atoms with Gasteiger partial charge in [0, 0.05) is 13.1 Å². The Hall–Kier alpha value is -1.63. The first-order valence-electron chi connectivity index (χ1n) is 6.72. The van der Waals surface area contributed by atoms with Gasteiger partial charge in [0.15, 0.2) is 0 Å². The Labute approximate surface area is 111 Å². The average molecular weight is 266 g/mol. The summed E-state index contributed by atoms with van der Waals surface area (Å²) in [5.74, 6) is 0.0277. The van der Waals surface area contributed by atoms with E-state index in [-0.39, 0.29) is 18.4 Å². The average Bonchev–Trinajstić information content (AvgIpc) is 3.06. The van der Waals surface area contributed by atoms with Crippen LogP contribution in [0.5, 0.6) is 0 Å². The van der Waals surface area contributed by atoms with Crippen LogP contribution in [0.4, 0.5) is 4.79 Å². The summed E-state index contributed by atoms with van der Waals surface area (Å²) in [7, 11) is 0. The minimum absolute atomic E-state index is 0.181. The topological polar surface area (TPSA) is 90.5 Å². The van der Waals surface area contributed by atoms with Crippen LogP contribution in [0.1, 0.15) is 19.3 Å². The Balaban J connectivity index is 1.59. The predicted octanol–water partition coefficient (Wildman–Crippen LogP) is -1.20. The number of carbonyl (C=O) groups excluding carboxylic acids is 3. The second kappa shape index (κ2) is 4.48. The van der Waals surface area contributed by atoms with Crippen molar-refractivity contribution in [1.29, 1.82) is 0 Å². The van der Waals surface area contributed by atoms with Gasteiger partial charge < -0.3 is 16.0 Å². The van der Waals surface area contributed by atoms with Gasteiger partial charge in [0.1, 0.15) is 12.1 Å². The van der Waals surface area contributed by atoms with Crippen molar-refractivity contribution in [3.63, 3.8) is 0 Å². The maximum Gasteiger partial charge on any atom is 0.325 e. The molecule has 7 nitrogen and oxygen atoms in total. The monoisotopic (exact) mass is 266 g/mol. The largest absolute Gasteiger partial charge is 0.354 e. The van der Waals surface area contributed by atoms with E-state index in [9.17, 15) is 14.4 Å². The molecule has 1 aliphatic carbocycles. The van der Waals surface area contributed by atoms with Crippen LogP contribution in [0.15, 0.2) is 0 Å². The molecular weight excluding hydrogens is 248 g/mol. The fourth-order valence-corrected chi connectivity index (χ4v) is 2.58. The van der Waals surface area contributed by atoms with E-state index < -0.39 is 11.6 Å². The van der Waals surface area contributed by atoms with E-state index in [0.29, 0.717) is 32.0 Å². The maximum absolute atomic E-state index is 12.2. The Kier molecular flexibility index (Phi) is 2.93. The standard InChI is InChI=1S/C12H18N4O3/c17-9(14-5-8-1-2-8)6-16-10(18)12(15-11(16)19)3-4-13-7-12/h8,13H,1-7H2,(H,14,17)(H,15,19). The van der Waals surface area contributed by atoms with Gasteiger partial charge in [0.2, 0.25) is 5.91 Å². The summed E-state index contributed by atoms with van der Waals surface area (Å²) in [4.78, 5) is 36.8. The summed E-state index contributed by atoms with van der Waals surface area (Å²) in [6.45, 7) is 1.61. The van der Waals surface area contributed by atoms with E-state index in [1.54, 1.807) is 0 Å². The molecule has 104 valence electrons. The molecule has 2 heterocycles. The van der Waals surface area contributed by atoms with Crippen LogP contribution in [0.2, 0.25) is 0 Å². The van der Waals surface area contributed by atoms with Crippen molar-refractivity contribution in [2.45, 2.75) is 24.8 Å². The molecule has 3 aliphatic rings. The van der Waals surface area contributed by atoms with Gasteiger partial charge in [0.25, 0.3) is 5.91 Å². The van der Waals surface area contributed by atoms with E-state index >= 15 is 0 Å². The molecule has 0 radical (unpaired) electrons. The number of nitrogens with one attached hydrogen (secondary N) is 3. The molecule has 4 amide bonds. The Morgan fingerprint density at radius 3 is 2.84 bits per heavy atom. The van der Waals surface area contributed by atoms with Crippen molar-refractivity contribution in [2.24, 2.45) is 5.92 Å². The zero-order chi connectivity index (χ0) is 13.5. The van der Waals surface area contributed by atoms with Crippen molar-refractivity contribution >= 4 is 17.8 Å². The maximum atomic E-state index is 12.2. The fourth-order valence-electron chi connectivity index (χ4n) is 2.58. The molecule has 0 aromatic heterocycles. The smallest absolute Gasteiger partial charge is 0.325 e. The zero-order valence-corrected chi connectivity index (χ0v) is 10.7. The number of carbonyl (C=O) groups is 3. The van der Waals surface area contributed by atoms with E-state index in [1.807, 2.05) is 0 Å². The lowest BCUT2D eigenvalue weighted by atomic mass is 9.99. The van der Waals surface area contributed by atoms with Crippen LogP contribution >= 0.6 is 0 Å². The first kappa shape index (κ1) is 12.4. The summed E-state index contributed by atoms with van der Waals surface area (Å²) >= 11 is 0. The number of nitrogens with zero attached hydrogens (tertiary/aromatic N) is 1. The highest BCUT2D eigenvalue weighted by molar-refractivity contribution is 6.09. The molecule has 0 bridgehead atoms. The molecule has 1 saturated carbocycles. The molecule has 7 heteroatoms. The molecule has 0 aromatic carbocycles. The molecule has 3 fully saturated rings. The van der Waals surface area contributed by atoms with Gasteiger partial charge in [-0.3, -0.25) is 14.5 Å². The number of amides is 4. The number of rotatable bonds is 4. The van der Waals surface area contributed by atoms with E-state index in [2.05, 4.69) is 16.0 Å². The lowest BCUT2D eigenvalue weighted by Gasteiger charge is -2.19. The SMILES string of the molecule is O=C(CN1C(=O)NC2(CCNC2)C1=O)NCC1CC1. The number of hydrogen-bond donors (Lipinski definition) is 3. The molecule has 1 atom stereocenters. The van der Waals surface area contributed by atoms with Crippen LogP contribution in [0.25, 0.3) is 0 Å². The van der Waals surface area contributed by atoms with Crippen LogP contribution < -0.4 is 16.0 Å². The predicted molar refractivity (Wildman–Crippen MR) is 66.2 cm³/mol. The first-order valence-corrected chi connectivity index (χ1v) is 6.72. The molecule has 3 rings (SSSR count). The third-order valence-corrected chi connectivity index (χ3v) is 3.99. The first-order chi connectivity index (χ1) is 9.11. The van der Waals surface area contributed by atoms with Crippen LogP contribution in [-0.4, -0.2) is 54.5 Å². The van der Waals surface area contributed by atoms with Crippen LogP contribution in [-0.2, 0) is 9.59 Å². The van der Waals surface area contributed by atoms with Gasteiger partial charge in [-0.25, -0.2) is 4.79 Å². The summed E-state index contributed by atoms with van der Waals surface area (Å²) in [6, 6.07) is -0.463. The number of imide groups is 1. The van der Waals surface area contributed by atoms with Gasteiger partial charge in [-0.15, -0.1) is 0 Å². The minimum Gasteiger partial charge on any atom is -0.354 e. The molecule has 2 saturated heterocycles. The summed E-state index contributed by atoms with van der Waals surface area (Å²) in [6.07, 6.45) is 2.88. The molecule has 1 spiro atoms. The van der Waals surface area contributed by atoms with Gasteiger partial charge in [-0.1, -0.05) is 0 Å². The minimum atomic E-state index is -0.826. The van der Waals surface area contributed by atoms with Crippen LogP contribution in [0.3, 0.4) is 0 Å². The second-order valence-corrected chi connectivity index (χ2v) is 5.58. The van der Waals surface area contributed by atoms with Crippen molar-refractivity contribution in [3.8, 4) is 0 Å². The normalized spacial score (nSPS) is 30.0. The van der Waals surface area contributed by atoms with Crippen molar-refractivity contribution in [2.75, 3.05) is 26.2 Å². The van der Waals surface area contributed by atoms with E-state index in [4.69, 9.17) is 0 Å². The van der Waals surface area contributed by atoms with Crippen LogP contribution in [0, 0.1) is 5.92 Å². The summed E-state index contributed by atoms with van der Waals surface area (Å²) in [5, 5.41) is 8.54. The Bertz CT molecular complexity index is 427. The van der Waals surface area contributed by atoms with Gasteiger partial charge >= 0.3 is 6.03 Å². The van der Waals surface area contributed by atoms with Gasteiger partial charge in [-0.05, 0) is 31.7 Å².